The van der Waals surface area contributed by atoms with E-state index in [0.717, 1.165) is 17.5 Å². The van der Waals surface area contributed by atoms with Gasteiger partial charge < -0.3 is 5.73 Å². The third-order valence-electron chi connectivity index (χ3n) is 2.77. The van der Waals surface area contributed by atoms with Crippen LogP contribution in [0.3, 0.4) is 0 Å². The standard InChI is InChI=1S/C13H10N4O/c14-12-13-15-4-5-17(13)11(7-16-12)10-3-1-2-9(6-10)8-18/h1-8H,(H2,14,16). The zero-order valence-electron chi connectivity index (χ0n) is 9.45. The Morgan fingerprint density at radius 2 is 2.17 bits per heavy atom. The van der Waals surface area contributed by atoms with Crippen molar-refractivity contribution in [2.24, 2.45) is 0 Å². The van der Waals surface area contributed by atoms with E-state index in [9.17, 15) is 4.79 Å². The van der Waals surface area contributed by atoms with E-state index in [4.69, 9.17) is 5.73 Å². The van der Waals surface area contributed by atoms with Crippen molar-refractivity contribution in [2.75, 3.05) is 5.73 Å². The monoisotopic (exact) mass is 238 g/mol. The third-order valence-corrected chi connectivity index (χ3v) is 2.77. The van der Waals surface area contributed by atoms with Crippen LogP contribution in [0, 0.1) is 0 Å². The first-order valence-corrected chi connectivity index (χ1v) is 5.43. The van der Waals surface area contributed by atoms with Crippen LogP contribution in [-0.4, -0.2) is 20.7 Å². The Bertz CT molecular complexity index is 733. The molecular weight excluding hydrogens is 228 g/mol. The van der Waals surface area contributed by atoms with Crippen molar-refractivity contribution in [1.82, 2.24) is 14.4 Å². The number of carbonyl (C=O) groups excluding carboxylic acids is 1. The predicted molar refractivity (Wildman–Crippen MR) is 68.2 cm³/mol. The molecular formula is C13H10N4O. The Hall–Kier alpha value is -2.69. The summed E-state index contributed by atoms with van der Waals surface area (Å²) < 4.78 is 1.85. The van der Waals surface area contributed by atoms with Crippen LogP contribution < -0.4 is 5.73 Å². The molecule has 18 heavy (non-hydrogen) atoms. The van der Waals surface area contributed by atoms with E-state index in [1.165, 1.54) is 0 Å². The second-order valence-corrected chi connectivity index (χ2v) is 3.89. The molecule has 2 aromatic heterocycles. The number of hydrogen-bond donors (Lipinski definition) is 1. The lowest BCUT2D eigenvalue weighted by Gasteiger charge is -2.06. The van der Waals surface area contributed by atoms with Crippen molar-refractivity contribution < 1.29 is 4.79 Å². The van der Waals surface area contributed by atoms with Gasteiger partial charge in [0.2, 0.25) is 0 Å². The minimum Gasteiger partial charge on any atom is -0.381 e. The zero-order valence-corrected chi connectivity index (χ0v) is 9.45. The molecule has 0 aliphatic rings. The SMILES string of the molecule is Nc1ncc(-c2cccc(C=O)c2)n2ccnc12. The van der Waals surface area contributed by atoms with Crippen molar-refractivity contribution in [2.45, 2.75) is 0 Å². The normalized spacial score (nSPS) is 10.7. The maximum atomic E-state index is 10.8. The molecule has 0 amide bonds. The van der Waals surface area contributed by atoms with E-state index in [-0.39, 0.29) is 0 Å². The molecule has 1 aromatic carbocycles. The van der Waals surface area contributed by atoms with Gasteiger partial charge in [0.25, 0.3) is 0 Å². The average molecular weight is 238 g/mol. The predicted octanol–water partition coefficient (Wildman–Crippen LogP) is 1.79. The summed E-state index contributed by atoms with van der Waals surface area (Å²) in [6.07, 6.45) is 5.98. The van der Waals surface area contributed by atoms with Gasteiger partial charge in [-0.3, -0.25) is 9.20 Å². The molecule has 0 spiro atoms. The highest BCUT2D eigenvalue weighted by Gasteiger charge is 2.08. The highest BCUT2D eigenvalue weighted by Crippen LogP contribution is 2.22. The van der Waals surface area contributed by atoms with Gasteiger partial charge in [-0.1, -0.05) is 18.2 Å². The fraction of sp³-hybridized carbons (Fsp3) is 0. The van der Waals surface area contributed by atoms with Gasteiger partial charge in [0.05, 0.1) is 11.9 Å². The molecule has 0 atom stereocenters. The van der Waals surface area contributed by atoms with Crippen LogP contribution in [0.1, 0.15) is 10.4 Å². The molecule has 2 N–H and O–H groups in total. The number of rotatable bonds is 2. The Kier molecular flexibility index (Phi) is 2.30. The number of carbonyl (C=O) groups is 1. The number of nitrogens with two attached hydrogens (primary N) is 1. The molecule has 3 rings (SSSR count). The third kappa shape index (κ3) is 1.53. The van der Waals surface area contributed by atoms with Gasteiger partial charge in [0.1, 0.15) is 6.29 Å². The molecule has 0 saturated carbocycles. The van der Waals surface area contributed by atoms with E-state index in [1.54, 1.807) is 24.5 Å². The molecule has 5 heteroatoms. The van der Waals surface area contributed by atoms with E-state index in [0.29, 0.717) is 17.0 Å². The van der Waals surface area contributed by atoms with Crippen molar-refractivity contribution >= 4 is 17.8 Å². The molecule has 0 saturated heterocycles. The van der Waals surface area contributed by atoms with Gasteiger partial charge in [-0.2, -0.15) is 0 Å². The van der Waals surface area contributed by atoms with Crippen molar-refractivity contribution in [1.29, 1.82) is 0 Å². The summed E-state index contributed by atoms with van der Waals surface area (Å²) >= 11 is 0. The van der Waals surface area contributed by atoms with Crippen LogP contribution in [0.5, 0.6) is 0 Å². The minimum atomic E-state index is 0.385. The molecule has 3 aromatic rings. The van der Waals surface area contributed by atoms with Gasteiger partial charge in [0.15, 0.2) is 11.5 Å². The topological polar surface area (TPSA) is 73.3 Å². The maximum Gasteiger partial charge on any atom is 0.180 e. The lowest BCUT2D eigenvalue weighted by atomic mass is 10.1. The quantitative estimate of drug-likeness (QED) is 0.691. The van der Waals surface area contributed by atoms with Gasteiger partial charge in [-0.05, 0) is 6.07 Å². The molecule has 2 heterocycles. The first-order chi connectivity index (χ1) is 8.79. The van der Waals surface area contributed by atoms with Crippen LogP contribution in [0.2, 0.25) is 0 Å². The van der Waals surface area contributed by atoms with Gasteiger partial charge in [-0.25, -0.2) is 9.97 Å². The van der Waals surface area contributed by atoms with Crippen LogP contribution in [0.25, 0.3) is 16.9 Å². The Balaban J connectivity index is 2.28. The van der Waals surface area contributed by atoms with Gasteiger partial charge in [-0.15, -0.1) is 0 Å². The van der Waals surface area contributed by atoms with E-state index in [1.807, 2.05) is 22.7 Å². The number of aldehydes is 1. The van der Waals surface area contributed by atoms with Crippen LogP contribution in [-0.2, 0) is 0 Å². The summed E-state index contributed by atoms with van der Waals surface area (Å²) in [6.45, 7) is 0. The second kappa shape index (κ2) is 3.96. The molecule has 0 aliphatic heterocycles. The van der Waals surface area contributed by atoms with Gasteiger partial charge in [0, 0.05) is 23.5 Å². The van der Waals surface area contributed by atoms with Crippen molar-refractivity contribution in [3.8, 4) is 11.3 Å². The summed E-state index contributed by atoms with van der Waals surface area (Å²) in [4.78, 5) is 19.1. The molecule has 88 valence electrons. The lowest BCUT2D eigenvalue weighted by Crippen LogP contribution is -1.99. The second-order valence-electron chi connectivity index (χ2n) is 3.89. The van der Waals surface area contributed by atoms with Crippen molar-refractivity contribution in [3.63, 3.8) is 0 Å². The largest absolute Gasteiger partial charge is 0.381 e. The smallest absolute Gasteiger partial charge is 0.180 e. The molecule has 0 unspecified atom stereocenters. The number of imidazole rings is 1. The number of benzene rings is 1. The van der Waals surface area contributed by atoms with E-state index >= 15 is 0 Å². The first-order valence-electron chi connectivity index (χ1n) is 5.43. The molecule has 5 nitrogen and oxygen atoms in total. The number of nitrogen functional groups attached to an aromatic ring is 1. The summed E-state index contributed by atoms with van der Waals surface area (Å²) in [5.74, 6) is 0.385. The summed E-state index contributed by atoms with van der Waals surface area (Å²) in [6, 6.07) is 7.31. The highest BCUT2D eigenvalue weighted by atomic mass is 16.1. The van der Waals surface area contributed by atoms with Crippen LogP contribution in [0.4, 0.5) is 5.82 Å². The average Bonchev–Trinajstić information content (AvgIpc) is 2.89. The minimum absolute atomic E-state index is 0.385. The number of anilines is 1. The first kappa shape index (κ1) is 10.5. The Morgan fingerprint density at radius 3 is 3.00 bits per heavy atom. The summed E-state index contributed by atoms with van der Waals surface area (Å²) in [5.41, 5.74) is 8.74. The van der Waals surface area contributed by atoms with Crippen molar-refractivity contribution in [3.05, 3.63) is 48.4 Å². The number of nitrogens with zero attached hydrogens (tertiary/aromatic N) is 3. The van der Waals surface area contributed by atoms with Gasteiger partial charge >= 0.3 is 0 Å². The van der Waals surface area contributed by atoms with E-state index < -0.39 is 0 Å². The van der Waals surface area contributed by atoms with Crippen LogP contribution in [0.15, 0.2) is 42.9 Å². The fourth-order valence-corrected chi connectivity index (χ4v) is 1.92. The highest BCUT2D eigenvalue weighted by molar-refractivity contribution is 5.79. The van der Waals surface area contributed by atoms with Crippen LogP contribution >= 0.6 is 0 Å². The maximum absolute atomic E-state index is 10.8. The van der Waals surface area contributed by atoms with E-state index in [2.05, 4.69) is 9.97 Å². The lowest BCUT2D eigenvalue weighted by molar-refractivity contribution is 0.112. The molecule has 0 fully saturated rings. The summed E-state index contributed by atoms with van der Waals surface area (Å²) in [7, 11) is 0. The molecule has 0 bridgehead atoms. The fourth-order valence-electron chi connectivity index (χ4n) is 1.92. The molecule has 0 radical (unpaired) electrons. The molecule has 0 aliphatic carbocycles. The summed E-state index contributed by atoms with van der Waals surface area (Å²) in [5, 5.41) is 0. The Morgan fingerprint density at radius 1 is 1.28 bits per heavy atom. The number of hydrogen-bond acceptors (Lipinski definition) is 4. The number of aromatic nitrogens is 3. The zero-order chi connectivity index (χ0) is 12.5. The number of fused-ring (bicyclic) bond motifs is 1. The Labute approximate surface area is 103 Å².